The van der Waals surface area contributed by atoms with Gasteiger partial charge >= 0.3 is 5.97 Å². The largest absolute Gasteiger partial charge is 0.467 e. The van der Waals surface area contributed by atoms with Gasteiger partial charge in [-0.1, -0.05) is 41.9 Å². The molecule has 1 aromatic heterocycles. The van der Waals surface area contributed by atoms with Crippen LogP contribution >= 0.6 is 22.9 Å². The van der Waals surface area contributed by atoms with Gasteiger partial charge in [-0.2, -0.15) is 0 Å². The predicted octanol–water partition coefficient (Wildman–Crippen LogP) is 4.56. The molecule has 6 heteroatoms. The average Bonchev–Trinajstić information content (AvgIpc) is 3.10. The van der Waals surface area contributed by atoms with Crippen molar-refractivity contribution in [1.29, 1.82) is 0 Å². The molecule has 0 bridgehead atoms. The van der Waals surface area contributed by atoms with Crippen molar-refractivity contribution in [3.63, 3.8) is 0 Å². The van der Waals surface area contributed by atoms with Crippen LogP contribution in [-0.4, -0.2) is 36.0 Å². The maximum atomic E-state index is 13.3. The third-order valence-corrected chi connectivity index (χ3v) is 6.41. The van der Waals surface area contributed by atoms with E-state index in [1.807, 2.05) is 41.8 Å². The van der Waals surface area contributed by atoms with Crippen LogP contribution in [0.1, 0.15) is 22.3 Å². The maximum absolute atomic E-state index is 13.3. The van der Waals surface area contributed by atoms with Gasteiger partial charge in [0.05, 0.1) is 12.7 Å². The second kappa shape index (κ2) is 6.98. The van der Waals surface area contributed by atoms with Crippen molar-refractivity contribution in [2.24, 2.45) is 0 Å². The highest BCUT2D eigenvalue weighted by atomic mass is 35.5. The fraction of sp³-hybridized carbons (Fsp3) is 0.238. The highest BCUT2D eigenvalue weighted by Gasteiger charge is 2.54. The molecule has 0 saturated carbocycles. The molecule has 4 nitrogen and oxygen atoms in total. The standard InChI is InChI=1S/C21H18ClNO3S/c1-26-20(25)21(12-14-6-8-15(22)9-7-14)10-11-23(21)19(24)17-13-27-18-5-3-2-4-16(17)18/h2-9,13H,10-12H2,1H3. The zero-order valence-electron chi connectivity index (χ0n) is 14.8. The van der Waals surface area contributed by atoms with Crippen molar-refractivity contribution in [3.05, 3.63) is 70.1 Å². The summed E-state index contributed by atoms with van der Waals surface area (Å²) in [6.45, 7) is 0.533. The Morgan fingerprint density at radius 1 is 1.19 bits per heavy atom. The second-order valence-electron chi connectivity index (χ2n) is 6.68. The number of rotatable bonds is 4. The maximum Gasteiger partial charge on any atom is 0.332 e. The molecule has 0 N–H and O–H groups in total. The van der Waals surface area contributed by atoms with Crippen molar-refractivity contribution >= 4 is 44.9 Å². The number of carbonyl (C=O) groups excluding carboxylic acids is 2. The molecular formula is C21H18ClNO3S. The third-order valence-electron chi connectivity index (χ3n) is 5.20. The summed E-state index contributed by atoms with van der Waals surface area (Å²) in [5, 5.41) is 3.43. The van der Waals surface area contributed by atoms with E-state index in [4.69, 9.17) is 16.3 Å². The summed E-state index contributed by atoms with van der Waals surface area (Å²) in [6.07, 6.45) is 0.987. The number of likely N-dealkylation sites (tertiary alicyclic amines) is 1. The fourth-order valence-electron chi connectivity index (χ4n) is 3.68. The molecule has 0 radical (unpaired) electrons. The zero-order valence-corrected chi connectivity index (χ0v) is 16.3. The fourth-order valence-corrected chi connectivity index (χ4v) is 4.74. The van der Waals surface area contributed by atoms with E-state index in [1.165, 1.54) is 18.4 Å². The number of amides is 1. The zero-order chi connectivity index (χ0) is 19.0. The molecule has 3 aromatic rings. The number of fused-ring (bicyclic) bond motifs is 1. The van der Waals surface area contributed by atoms with E-state index in [1.54, 1.807) is 17.0 Å². The van der Waals surface area contributed by atoms with Gasteiger partial charge in [-0.15, -0.1) is 11.3 Å². The summed E-state index contributed by atoms with van der Waals surface area (Å²) < 4.78 is 6.14. The molecule has 1 amide bonds. The number of hydrogen-bond donors (Lipinski definition) is 0. The summed E-state index contributed by atoms with van der Waals surface area (Å²) in [4.78, 5) is 27.6. The molecule has 4 rings (SSSR count). The van der Waals surface area contributed by atoms with E-state index < -0.39 is 5.54 Å². The van der Waals surface area contributed by atoms with Crippen LogP contribution in [0, 0.1) is 0 Å². The molecule has 27 heavy (non-hydrogen) atoms. The van der Waals surface area contributed by atoms with Crippen molar-refractivity contribution in [2.75, 3.05) is 13.7 Å². The quantitative estimate of drug-likeness (QED) is 0.604. The van der Waals surface area contributed by atoms with Crippen molar-refractivity contribution in [3.8, 4) is 0 Å². The third kappa shape index (κ3) is 3.01. The Hall–Kier alpha value is -2.37. The average molecular weight is 400 g/mol. The van der Waals surface area contributed by atoms with Crippen LogP contribution in [0.5, 0.6) is 0 Å². The van der Waals surface area contributed by atoms with Gasteiger partial charge < -0.3 is 9.64 Å². The Balaban J connectivity index is 1.69. The van der Waals surface area contributed by atoms with E-state index in [2.05, 4.69) is 0 Å². The molecule has 1 unspecified atom stereocenters. The molecule has 1 atom stereocenters. The van der Waals surface area contributed by atoms with Gasteiger partial charge in [0.25, 0.3) is 5.91 Å². The lowest BCUT2D eigenvalue weighted by Crippen LogP contribution is -2.68. The molecule has 1 aliphatic rings. The topological polar surface area (TPSA) is 46.6 Å². The Labute approximate surface area is 166 Å². The highest BCUT2D eigenvalue weighted by Crippen LogP contribution is 2.38. The Kier molecular flexibility index (Phi) is 4.66. The number of esters is 1. The first-order valence-electron chi connectivity index (χ1n) is 8.66. The number of nitrogens with zero attached hydrogens (tertiary/aromatic N) is 1. The van der Waals surface area contributed by atoms with E-state index >= 15 is 0 Å². The Bertz CT molecular complexity index is 1010. The normalized spacial score (nSPS) is 19.0. The van der Waals surface area contributed by atoms with Gasteiger partial charge in [-0.25, -0.2) is 4.79 Å². The van der Waals surface area contributed by atoms with Crippen molar-refractivity contribution < 1.29 is 14.3 Å². The number of hydrogen-bond acceptors (Lipinski definition) is 4. The van der Waals surface area contributed by atoms with E-state index in [9.17, 15) is 9.59 Å². The SMILES string of the molecule is COC(=O)C1(Cc2ccc(Cl)cc2)CCN1C(=O)c1csc2ccccc12. The number of halogens is 1. The van der Waals surface area contributed by atoms with Crippen LogP contribution in [-0.2, 0) is 16.0 Å². The summed E-state index contributed by atoms with van der Waals surface area (Å²) >= 11 is 7.50. The summed E-state index contributed by atoms with van der Waals surface area (Å²) in [5.74, 6) is -0.505. The minimum Gasteiger partial charge on any atom is -0.467 e. The second-order valence-corrected chi connectivity index (χ2v) is 8.03. The monoisotopic (exact) mass is 399 g/mol. The molecule has 0 aliphatic carbocycles. The number of carbonyl (C=O) groups is 2. The molecule has 1 saturated heterocycles. The lowest BCUT2D eigenvalue weighted by molar-refractivity contribution is -0.161. The van der Waals surface area contributed by atoms with Gasteiger partial charge in [-0.05, 0) is 30.2 Å². The van der Waals surface area contributed by atoms with E-state index in [0.717, 1.165) is 15.6 Å². The van der Waals surface area contributed by atoms with Crippen molar-refractivity contribution in [2.45, 2.75) is 18.4 Å². The van der Waals surface area contributed by atoms with Crippen molar-refractivity contribution in [1.82, 2.24) is 4.90 Å². The van der Waals surface area contributed by atoms with Crippen LogP contribution < -0.4 is 0 Å². The first-order valence-corrected chi connectivity index (χ1v) is 9.92. The minimum atomic E-state index is -0.970. The van der Waals surface area contributed by atoms with Crippen LogP contribution in [0.25, 0.3) is 10.1 Å². The molecule has 138 valence electrons. The van der Waals surface area contributed by atoms with Crippen LogP contribution in [0.2, 0.25) is 5.02 Å². The minimum absolute atomic E-state index is 0.127. The first kappa shape index (κ1) is 18.0. The van der Waals surface area contributed by atoms with E-state index in [-0.39, 0.29) is 11.9 Å². The van der Waals surface area contributed by atoms with Gasteiger partial charge in [0.1, 0.15) is 5.54 Å². The lowest BCUT2D eigenvalue weighted by Gasteiger charge is -2.50. The number of thiophene rings is 1. The van der Waals surface area contributed by atoms with Crippen LogP contribution in [0.3, 0.4) is 0 Å². The Morgan fingerprint density at radius 2 is 1.93 bits per heavy atom. The predicted molar refractivity (Wildman–Crippen MR) is 107 cm³/mol. The van der Waals surface area contributed by atoms with Gasteiger partial charge in [0, 0.05) is 33.5 Å². The molecule has 1 fully saturated rings. The lowest BCUT2D eigenvalue weighted by atomic mass is 9.78. The first-order chi connectivity index (χ1) is 13.0. The highest BCUT2D eigenvalue weighted by molar-refractivity contribution is 7.17. The molecule has 0 spiro atoms. The van der Waals surface area contributed by atoms with E-state index in [0.29, 0.717) is 30.0 Å². The molecule has 1 aliphatic heterocycles. The summed E-state index contributed by atoms with van der Waals surface area (Å²) in [5.41, 5.74) is 0.611. The van der Waals surface area contributed by atoms with Crippen LogP contribution in [0.4, 0.5) is 0 Å². The number of methoxy groups -OCH3 is 1. The van der Waals surface area contributed by atoms with Gasteiger partial charge in [-0.3, -0.25) is 4.79 Å². The number of benzene rings is 2. The Morgan fingerprint density at radius 3 is 2.59 bits per heavy atom. The summed E-state index contributed by atoms with van der Waals surface area (Å²) in [7, 11) is 1.37. The van der Waals surface area contributed by atoms with Gasteiger partial charge in [0.2, 0.25) is 0 Å². The van der Waals surface area contributed by atoms with Gasteiger partial charge in [0.15, 0.2) is 0 Å². The van der Waals surface area contributed by atoms with Crippen LogP contribution in [0.15, 0.2) is 53.9 Å². The number of ether oxygens (including phenoxy) is 1. The molecular weight excluding hydrogens is 382 g/mol. The smallest absolute Gasteiger partial charge is 0.332 e. The molecule has 2 aromatic carbocycles. The summed E-state index contributed by atoms with van der Waals surface area (Å²) in [6, 6.07) is 15.2. The molecule has 2 heterocycles.